The van der Waals surface area contributed by atoms with Crippen LogP contribution in [0.2, 0.25) is 0 Å². The summed E-state index contributed by atoms with van der Waals surface area (Å²) in [7, 11) is 0. The van der Waals surface area contributed by atoms with Crippen LogP contribution < -0.4 is 10.2 Å². The minimum atomic E-state index is -0.243. The normalized spacial score (nSPS) is 14.8. The number of rotatable bonds is 5. The standard InChI is InChI=1S/C24H27FN4O/c1-16-6-7-22-21(14-16)17(2)27-24(28-22)29-12-9-19(10-13-29)23(30)26-11-8-18-4-3-5-20(25)15-18/h3-7,14-15,19H,8-13H2,1-2H3,(H,26,30). The number of fused-ring (bicyclic) bond motifs is 1. The fourth-order valence-electron chi connectivity index (χ4n) is 4.03. The summed E-state index contributed by atoms with van der Waals surface area (Å²) in [5.41, 5.74) is 4.03. The van der Waals surface area contributed by atoms with E-state index in [1.165, 1.54) is 17.7 Å². The van der Waals surface area contributed by atoms with E-state index >= 15 is 0 Å². The van der Waals surface area contributed by atoms with Crippen LogP contribution in [0.15, 0.2) is 42.5 Å². The molecule has 156 valence electrons. The second-order valence-electron chi connectivity index (χ2n) is 8.06. The first-order chi connectivity index (χ1) is 14.5. The van der Waals surface area contributed by atoms with Gasteiger partial charge in [-0.2, -0.15) is 0 Å². The zero-order chi connectivity index (χ0) is 21.1. The molecule has 1 aliphatic heterocycles. The van der Waals surface area contributed by atoms with Crippen molar-refractivity contribution in [3.63, 3.8) is 0 Å². The Morgan fingerprint density at radius 3 is 2.70 bits per heavy atom. The molecule has 0 bridgehead atoms. The molecule has 4 rings (SSSR count). The summed E-state index contributed by atoms with van der Waals surface area (Å²) in [6, 6.07) is 12.7. The first kappa shape index (κ1) is 20.3. The molecule has 30 heavy (non-hydrogen) atoms. The summed E-state index contributed by atoms with van der Waals surface area (Å²) >= 11 is 0. The van der Waals surface area contributed by atoms with E-state index in [0.717, 1.165) is 54.0 Å². The van der Waals surface area contributed by atoms with Crippen LogP contribution in [0.4, 0.5) is 10.3 Å². The van der Waals surface area contributed by atoms with Crippen molar-refractivity contribution >= 4 is 22.8 Å². The number of aryl methyl sites for hydroxylation is 2. The Bertz CT molecular complexity index is 1060. The number of piperidine rings is 1. The second kappa shape index (κ2) is 8.78. The molecule has 3 aromatic rings. The number of benzene rings is 2. The van der Waals surface area contributed by atoms with E-state index in [-0.39, 0.29) is 17.6 Å². The molecule has 6 heteroatoms. The van der Waals surface area contributed by atoms with Crippen molar-refractivity contribution in [1.82, 2.24) is 15.3 Å². The van der Waals surface area contributed by atoms with Crippen molar-refractivity contribution in [1.29, 1.82) is 0 Å². The lowest BCUT2D eigenvalue weighted by Crippen LogP contribution is -2.41. The van der Waals surface area contributed by atoms with Gasteiger partial charge >= 0.3 is 0 Å². The van der Waals surface area contributed by atoms with E-state index in [1.54, 1.807) is 6.07 Å². The maximum atomic E-state index is 13.2. The minimum absolute atomic E-state index is 0.00189. The summed E-state index contributed by atoms with van der Waals surface area (Å²) in [6.45, 7) is 6.14. The number of halogens is 1. The number of amides is 1. The van der Waals surface area contributed by atoms with Gasteiger partial charge in [-0.3, -0.25) is 4.79 Å². The summed E-state index contributed by atoms with van der Waals surface area (Å²) in [5, 5.41) is 4.09. The van der Waals surface area contributed by atoms with Crippen LogP contribution in [0.25, 0.3) is 10.9 Å². The zero-order valence-electron chi connectivity index (χ0n) is 17.5. The van der Waals surface area contributed by atoms with Gasteiger partial charge in [0.1, 0.15) is 5.82 Å². The van der Waals surface area contributed by atoms with Gasteiger partial charge in [-0.15, -0.1) is 0 Å². The molecule has 0 saturated carbocycles. The monoisotopic (exact) mass is 406 g/mol. The average molecular weight is 407 g/mol. The quantitative estimate of drug-likeness (QED) is 0.697. The van der Waals surface area contributed by atoms with Gasteiger partial charge in [0.25, 0.3) is 0 Å². The molecule has 1 fully saturated rings. The molecule has 1 aromatic heterocycles. The number of anilines is 1. The van der Waals surface area contributed by atoms with Crippen LogP contribution in [0.1, 0.15) is 29.7 Å². The van der Waals surface area contributed by atoms with E-state index in [1.807, 2.05) is 19.1 Å². The topological polar surface area (TPSA) is 58.1 Å². The van der Waals surface area contributed by atoms with Gasteiger partial charge in [-0.05, 0) is 62.9 Å². The summed E-state index contributed by atoms with van der Waals surface area (Å²) in [5.74, 6) is 0.580. The van der Waals surface area contributed by atoms with Crippen molar-refractivity contribution in [3.05, 3.63) is 65.1 Å². The zero-order valence-corrected chi connectivity index (χ0v) is 17.5. The van der Waals surface area contributed by atoms with Crippen LogP contribution in [0.5, 0.6) is 0 Å². The first-order valence-electron chi connectivity index (χ1n) is 10.5. The van der Waals surface area contributed by atoms with E-state index in [9.17, 15) is 9.18 Å². The molecule has 2 heterocycles. The Morgan fingerprint density at radius 1 is 1.13 bits per heavy atom. The molecule has 0 spiro atoms. The predicted octanol–water partition coefficient (Wildman–Crippen LogP) is 3.96. The molecule has 2 aromatic carbocycles. The highest BCUT2D eigenvalue weighted by Gasteiger charge is 2.26. The van der Waals surface area contributed by atoms with Gasteiger partial charge in [-0.25, -0.2) is 14.4 Å². The van der Waals surface area contributed by atoms with Crippen LogP contribution in [-0.2, 0) is 11.2 Å². The maximum absolute atomic E-state index is 13.2. The third kappa shape index (κ3) is 4.58. The van der Waals surface area contributed by atoms with Crippen LogP contribution in [0, 0.1) is 25.6 Å². The van der Waals surface area contributed by atoms with Crippen molar-refractivity contribution in [3.8, 4) is 0 Å². The Labute approximate surface area is 176 Å². The molecule has 1 amide bonds. The van der Waals surface area contributed by atoms with E-state index in [4.69, 9.17) is 9.97 Å². The number of carbonyl (C=O) groups is 1. The van der Waals surface area contributed by atoms with Crippen LogP contribution in [-0.4, -0.2) is 35.5 Å². The summed E-state index contributed by atoms with van der Waals surface area (Å²) in [4.78, 5) is 24.1. The molecule has 0 unspecified atom stereocenters. The number of hydrogen-bond donors (Lipinski definition) is 1. The fourth-order valence-corrected chi connectivity index (χ4v) is 4.03. The van der Waals surface area contributed by atoms with Gasteiger partial charge in [0.15, 0.2) is 0 Å². The molecule has 1 N–H and O–H groups in total. The molecule has 0 aliphatic carbocycles. The molecule has 0 radical (unpaired) electrons. The smallest absolute Gasteiger partial charge is 0.226 e. The SMILES string of the molecule is Cc1ccc2nc(N3CCC(C(=O)NCCc4cccc(F)c4)CC3)nc(C)c2c1. The summed E-state index contributed by atoms with van der Waals surface area (Å²) < 4.78 is 13.2. The number of hydrogen-bond acceptors (Lipinski definition) is 4. The van der Waals surface area contributed by atoms with E-state index in [2.05, 4.69) is 29.3 Å². The highest BCUT2D eigenvalue weighted by Crippen LogP contribution is 2.24. The number of nitrogens with one attached hydrogen (secondary N) is 1. The lowest BCUT2D eigenvalue weighted by Gasteiger charge is -2.31. The average Bonchev–Trinajstić information content (AvgIpc) is 2.74. The van der Waals surface area contributed by atoms with Crippen molar-refractivity contribution in [2.45, 2.75) is 33.1 Å². The van der Waals surface area contributed by atoms with Crippen LogP contribution >= 0.6 is 0 Å². The number of carbonyl (C=O) groups excluding carboxylic acids is 1. The maximum Gasteiger partial charge on any atom is 0.226 e. The van der Waals surface area contributed by atoms with Gasteiger partial charge in [-0.1, -0.05) is 23.8 Å². The third-order valence-electron chi connectivity index (χ3n) is 5.78. The molecule has 1 aliphatic rings. The Hall–Kier alpha value is -3.02. The predicted molar refractivity (Wildman–Crippen MR) is 117 cm³/mol. The van der Waals surface area contributed by atoms with Crippen molar-refractivity contribution in [2.24, 2.45) is 5.92 Å². The van der Waals surface area contributed by atoms with E-state index < -0.39 is 0 Å². The Balaban J connectivity index is 1.31. The van der Waals surface area contributed by atoms with Gasteiger partial charge < -0.3 is 10.2 Å². The molecular weight excluding hydrogens is 379 g/mol. The van der Waals surface area contributed by atoms with E-state index in [0.29, 0.717) is 13.0 Å². The van der Waals surface area contributed by atoms with Gasteiger partial charge in [0.05, 0.1) is 11.2 Å². The third-order valence-corrected chi connectivity index (χ3v) is 5.78. The lowest BCUT2D eigenvalue weighted by molar-refractivity contribution is -0.125. The minimum Gasteiger partial charge on any atom is -0.356 e. The largest absolute Gasteiger partial charge is 0.356 e. The van der Waals surface area contributed by atoms with Crippen LogP contribution in [0.3, 0.4) is 0 Å². The highest BCUT2D eigenvalue weighted by atomic mass is 19.1. The molecule has 0 atom stereocenters. The Kier molecular flexibility index (Phi) is 5.93. The second-order valence-corrected chi connectivity index (χ2v) is 8.06. The summed E-state index contributed by atoms with van der Waals surface area (Å²) in [6.07, 6.45) is 2.19. The lowest BCUT2D eigenvalue weighted by atomic mass is 9.96. The number of nitrogens with zero attached hydrogens (tertiary/aromatic N) is 3. The van der Waals surface area contributed by atoms with Gasteiger partial charge in [0.2, 0.25) is 11.9 Å². The van der Waals surface area contributed by atoms with Crippen molar-refractivity contribution in [2.75, 3.05) is 24.5 Å². The Morgan fingerprint density at radius 2 is 1.93 bits per heavy atom. The fraction of sp³-hybridized carbons (Fsp3) is 0.375. The molecule has 1 saturated heterocycles. The number of aromatic nitrogens is 2. The highest BCUT2D eigenvalue weighted by molar-refractivity contribution is 5.82. The molecular formula is C24H27FN4O. The first-order valence-corrected chi connectivity index (χ1v) is 10.5. The van der Waals surface area contributed by atoms with Crippen molar-refractivity contribution < 1.29 is 9.18 Å². The van der Waals surface area contributed by atoms with Gasteiger partial charge in [0, 0.05) is 30.9 Å². The molecule has 5 nitrogen and oxygen atoms in total.